The van der Waals surface area contributed by atoms with Crippen LogP contribution in [0, 0.1) is 12.8 Å². The second-order valence-corrected chi connectivity index (χ2v) is 4.37. The molecule has 78 valence electrons. The minimum absolute atomic E-state index is 0.0988. The van der Waals surface area contributed by atoms with Gasteiger partial charge in [-0.3, -0.25) is 0 Å². The molecule has 0 spiro atoms. The van der Waals surface area contributed by atoms with Crippen LogP contribution in [0.5, 0.6) is 5.75 Å². The van der Waals surface area contributed by atoms with Crippen LogP contribution >= 0.6 is 9.03 Å². The first-order valence-corrected chi connectivity index (χ1v) is 5.60. The Hall–Kier alpha value is -0.590. The molecule has 2 nitrogen and oxygen atoms in total. The van der Waals surface area contributed by atoms with Crippen LogP contribution in [-0.2, 0) is 4.52 Å². The van der Waals surface area contributed by atoms with Gasteiger partial charge in [-0.2, -0.15) is 0 Å². The number of benzene rings is 1. The highest BCUT2D eigenvalue weighted by atomic mass is 31.1. The smallest absolute Gasteiger partial charge is 0.215 e. The Labute approximate surface area is 87.6 Å². The molecule has 1 unspecified atom stereocenters. The van der Waals surface area contributed by atoms with Crippen molar-refractivity contribution in [3.05, 3.63) is 29.8 Å². The van der Waals surface area contributed by atoms with Gasteiger partial charge in [0.1, 0.15) is 5.75 Å². The van der Waals surface area contributed by atoms with E-state index in [1.54, 1.807) is 0 Å². The highest BCUT2D eigenvalue weighted by Gasteiger charge is 1.96. The molecule has 3 heteroatoms. The van der Waals surface area contributed by atoms with E-state index >= 15 is 0 Å². The van der Waals surface area contributed by atoms with E-state index < -0.39 is 0 Å². The summed E-state index contributed by atoms with van der Waals surface area (Å²) in [6.07, 6.45) is 0. The van der Waals surface area contributed by atoms with Crippen LogP contribution in [0.1, 0.15) is 19.4 Å². The van der Waals surface area contributed by atoms with E-state index in [0.29, 0.717) is 5.92 Å². The summed E-state index contributed by atoms with van der Waals surface area (Å²) in [5, 5.41) is 0. The molecule has 1 aromatic rings. The Morgan fingerprint density at radius 1 is 1.36 bits per heavy atom. The predicted molar refractivity (Wildman–Crippen MR) is 60.9 cm³/mol. The molecule has 0 saturated heterocycles. The Bertz CT molecular complexity index is 274. The summed E-state index contributed by atoms with van der Waals surface area (Å²) >= 11 is 0. The average Bonchev–Trinajstić information content (AvgIpc) is 2.12. The summed E-state index contributed by atoms with van der Waals surface area (Å²) in [6, 6.07) is 7.98. The normalized spacial score (nSPS) is 11.4. The molecule has 0 aliphatic heterocycles. The monoisotopic (exact) mass is 212 g/mol. The summed E-state index contributed by atoms with van der Waals surface area (Å²) in [5.41, 5.74) is 1.20. The van der Waals surface area contributed by atoms with Gasteiger partial charge in [-0.15, -0.1) is 0 Å². The molecule has 0 bridgehead atoms. The van der Waals surface area contributed by atoms with Crippen LogP contribution < -0.4 is 4.52 Å². The lowest BCUT2D eigenvalue weighted by Crippen LogP contribution is -1.96. The minimum Gasteiger partial charge on any atom is -0.450 e. The third kappa shape index (κ3) is 4.59. The molecule has 0 aliphatic carbocycles. The van der Waals surface area contributed by atoms with Gasteiger partial charge in [-0.05, 0) is 30.5 Å². The van der Waals surface area contributed by atoms with Gasteiger partial charge in [-0.1, -0.05) is 26.0 Å². The van der Waals surface area contributed by atoms with Gasteiger partial charge in [0.25, 0.3) is 0 Å². The number of aryl methyl sites for hydroxylation is 1. The first-order valence-electron chi connectivity index (χ1n) is 4.79. The molecule has 1 aromatic carbocycles. The van der Waals surface area contributed by atoms with Crippen LogP contribution in [0.15, 0.2) is 24.3 Å². The zero-order valence-corrected chi connectivity index (χ0v) is 9.91. The Balaban J connectivity index is 2.25. The maximum Gasteiger partial charge on any atom is 0.215 e. The Kier molecular flexibility index (Phi) is 4.92. The molecular weight excluding hydrogens is 195 g/mol. The van der Waals surface area contributed by atoms with Crippen molar-refractivity contribution in [2.75, 3.05) is 6.61 Å². The van der Waals surface area contributed by atoms with Gasteiger partial charge in [-0.25, -0.2) is 0 Å². The van der Waals surface area contributed by atoms with Crippen molar-refractivity contribution in [2.24, 2.45) is 5.92 Å². The summed E-state index contributed by atoms with van der Waals surface area (Å²) in [6.45, 7) is 7.05. The summed E-state index contributed by atoms with van der Waals surface area (Å²) < 4.78 is 10.8. The topological polar surface area (TPSA) is 18.5 Å². The third-order valence-corrected chi connectivity index (χ3v) is 2.23. The predicted octanol–water partition coefficient (Wildman–Crippen LogP) is 3.55. The average molecular weight is 212 g/mol. The molecule has 0 heterocycles. The SMILES string of the molecule is Cc1cccc(OPOCC(C)C)c1. The molecule has 0 radical (unpaired) electrons. The van der Waals surface area contributed by atoms with Crippen molar-refractivity contribution >= 4 is 9.03 Å². The minimum atomic E-state index is 0.0988. The fourth-order valence-electron chi connectivity index (χ4n) is 0.957. The van der Waals surface area contributed by atoms with Gasteiger partial charge in [0.05, 0.1) is 6.61 Å². The van der Waals surface area contributed by atoms with Crippen LogP contribution in [-0.4, -0.2) is 6.61 Å². The zero-order chi connectivity index (χ0) is 10.4. The molecule has 0 N–H and O–H groups in total. The molecule has 14 heavy (non-hydrogen) atoms. The maximum atomic E-state index is 5.44. The van der Waals surface area contributed by atoms with E-state index in [0.717, 1.165) is 12.4 Å². The van der Waals surface area contributed by atoms with Crippen LogP contribution in [0.3, 0.4) is 0 Å². The van der Waals surface area contributed by atoms with E-state index in [9.17, 15) is 0 Å². The molecule has 0 saturated carbocycles. The second-order valence-electron chi connectivity index (χ2n) is 3.71. The molecule has 0 aromatic heterocycles. The van der Waals surface area contributed by atoms with Gasteiger partial charge in [0, 0.05) is 0 Å². The van der Waals surface area contributed by atoms with Crippen molar-refractivity contribution in [1.29, 1.82) is 0 Å². The Morgan fingerprint density at radius 3 is 2.79 bits per heavy atom. The zero-order valence-electron chi connectivity index (χ0n) is 8.91. The number of hydrogen-bond acceptors (Lipinski definition) is 2. The first kappa shape index (κ1) is 11.5. The second kappa shape index (κ2) is 6.00. The number of rotatable bonds is 5. The van der Waals surface area contributed by atoms with Crippen LogP contribution in [0.4, 0.5) is 0 Å². The van der Waals surface area contributed by atoms with E-state index in [2.05, 4.69) is 13.8 Å². The number of hydrogen-bond donors (Lipinski definition) is 0. The van der Waals surface area contributed by atoms with Gasteiger partial charge in [0.15, 0.2) is 0 Å². The molecule has 1 atom stereocenters. The third-order valence-electron chi connectivity index (χ3n) is 1.62. The lowest BCUT2D eigenvalue weighted by molar-refractivity contribution is 0.283. The summed E-state index contributed by atoms with van der Waals surface area (Å²) in [4.78, 5) is 0. The van der Waals surface area contributed by atoms with E-state index in [1.807, 2.05) is 31.2 Å². The fourth-order valence-corrected chi connectivity index (χ4v) is 1.64. The fraction of sp³-hybridized carbons (Fsp3) is 0.455. The van der Waals surface area contributed by atoms with Crippen molar-refractivity contribution in [1.82, 2.24) is 0 Å². The van der Waals surface area contributed by atoms with E-state index in [4.69, 9.17) is 9.05 Å². The van der Waals surface area contributed by atoms with Gasteiger partial charge in [0.2, 0.25) is 9.03 Å². The van der Waals surface area contributed by atoms with Crippen molar-refractivity contribution in [3.63, 3.8) is 0 Å². The molecule has 0 aliphatic rings. The van der Waals surface area contributed by atoms with Crippen molar-refractivity contribution in [3.8, 4) is 5.75 Å². The van der Waals surface area contributed by atoms with Crippen molar-refractivity contribution in [2.45, 2.75) is 20.8 Å². The quantitative estimate of drug-likeness (QED) is 0.549. The summed E-state index contributed by atoms with van der Waals surface area (Å²) in [5.74, 6) is 1.44. The molecule has 0 amide bonds. The maximum absolute atomic E-state index is 5.44. The lowest BCUT2D eigenvalue weighted by atomic mass is 10.2. The molecule has 1 rings (SSSR count). The van der Waals surface area contributed by atoms with Crippen LogP contribution in [0.25, 0.3) is 0 Å². The van der Waals surface area contributed by atoms with Gasteiger partial charge >= 0.3 is 0 Å². The standard InChI is InChI=1S/C11H17O2P/c1-9(2)8-12-14-13-11-6-4-5-10(3)7-11/h4-7,9,14H,8H2,1-3H3. The van der Waals surface area contributed by atoms with E-state index in [1.165, 1.54) is 5.56 Å². The molecular formula is C11H17O2P. The summed E-state index contributed by atoms with van der Waals surface area (Å²) in [7, 11) is 0.0988. The largest absolute Gasteiger partial charge is 0.450 e. The van der Waals surface area contributed by atoms with Crippen molar-refractivity contribution < 1.29 is 9.05 Å². The van der Waals surface area contributed by atoms with E-state index in [-0.39, 0.29) is 9.03 Å². The van der Waals surface area contributed by atoms with Gasteiger partial charge < -0.3 is 9.05 Å². The highest BCUT2D eigenvalue weighted by molar-refractivity contribution is 7.26. The van der Waals surface area contributed by atoms with Crippen LogP contribution in [0.2, 0.25) is 0 Å². The molecule has 0 fully saturated rings. The highest BCUT2D eigenvalue weighted by Crippen LogP contribution is 2.22. The Morgan fingerprint density at radius 2 is 2.14 bits per heavy atom. The lowest BCUT2D eigenvalue weighted by Gasteiger charge is -2.07. The first-order chi connectivity index (χ1) is 6.68.